The standard InChI is InChI=1S/C15H24N2O2/c1-5-10-17(11-15(18)19)12(2)13-6-8-14(9-7-13)16(3)4/h6-9,12H,5,10-11H2,1-4H3,(H,18,19). The molecule has 0 aliphatic carbocycles. The van der Waals surface area contributed by atoms with E-state index in [0.29, 0.717) is 0 Å². The van der Waals surface area contributed by atoms with Crippen molar-refractivity contribution in [2.24, 2.45) is 0 Å². The lowest BCUT2D eigenvalue weighted by molar-refractivity contribution is -0.138. The van der Waals surface area contributed by atoms with Crippen LogP contribution in [-0.4, -0.2) is 43.2 Å². The molecule has 0 aromatic heterocycles. The van der Waals surface area contributed by atoms with Crippen LogP contribution >= 0.6 is 0 Å². The van der Waals surface area contributed by atoms with Crippen LogP contribution < -0.4 is 4.90 Å². The summed E-state index contributed by atoms with van der Waals surface area (Å²) in [6.45, 7) is 5.01. The van der Waals surface area contributed by atoms with Gasteiger partial charge in [-0.15, -0.1) is 0 Å². The van der Waals surface area contributed by atoms with E-state index in [1.807, 2.05) is 19.0 Å². The third-order valence-corrected chi connectivity index (χ3v) is 3.29. The topological polar surface area (TPSA) is 43.8 Å². The number of hydrogen-bond donors (Lipinski definition) is 1. The van der Waals surface area contributed by atoms with Crippen molar-refractivity contribution in [3.05, 3.63) is 29.8 Å². The number of anilines is 1. The summed E-state index contributed by atoms with van der Waals surface area (Å²) in [4.78, 5) is 15.0. The maximum atomic E-state index is 10.9. The molecule has 1 N–H and O–H groups in total. The second-order valence-corrected chi connectivity index (χ2v) is 5.03. The van der Waals surface area contributed by atoms with Crippen LogP contribution in [0.15, 0.2) is 24.3 Å². The van der Waals surface area contributed by atoms with Crippen LogP contribution in [0.2, 0.25) is 0 Å². The van der Waals surface area contributed by atoms with E-state index in [1.54, 1.807) is 0 Å². The number of hydrogen-bond acceptors (Lipinski definition) is 3. The van der Waals surface area contributed by atoms with Crippen molar-refractivity contribution < 1.29 is 9.90 Å². The van der Waals surface area contributed by atoms with Crippen molar-refractivity contribution in [3.63, 3.8) is 0 Å². The predicted molar refractivity (Wildman–Crippen MR) is 78.7 cm³/mol. The number of carbonyl (C=O) groups is 1. The quantitative estimate of drug-likeness (QED) is 0.822. The normalized spacial score (nSPS) is 12.5. The van der Waals surface area contributed by atoms with Crippen LogP contribution in [-0.2, 0) is 4.79 Å². The third-order valence-electron chi connectivity index (χ3n) is 3.29. The van der Waals surface area contributed by atoms with E-state index in [0.717, 1.165) is 24.2 Å². The molecular formula is C15H24N2O2. The van der Waals surface area contributed by atoms with Gasteiger partial charge in [0.15, 0.2) is 0 Å². The molecule has 0 saturated carbocycles. The highest BCUT2D eigenvalue weighted by atomic mass is 16.4. The summed E-state index contributed by atoms with van der Waals surface area (Å²) >= 11 is 0. The zero-order valence-electron chi connectivity index (χ0n) is 12.3. The predicted octanol–water partition coefficient (Wildman–Crippen LogP) is 2.61. The monoisotopic (exact) mass is 264 g/mol. The van der Waals surface area contributed by atoms with E-state index in [9.17, 15) is 4.79 Å². The molecular weight excluding hydrogens is 240 g/mol. The molecule has 1 atom stereocenters. The van der Waals surface area contributed by atoms with Gasteiger partial charge >= 0.3 is 5.97 Å². The summed E-state index contributed by atoms with van der Waals surface area (Å²) in [5.74, 6) is -0.773. The van der Waals surface area contributed by atoms with E-state index in [4.69, 9.17) is 5.11 Å². The number of nitrogens with zero attached hydrogens (tertiary/aromatic N) is 2. The van der Waals surface area contributed by atoms with Crippen LogP contribution in [0.4, 0.5) is 5.69 Å². The summed E-state index contributed by atoms with van der Waals surface area (Å²) in [5, 5.41) is 8.97. The summed E-state index contributed by atoms with van der Waals surface area (Å²) < 4.78 is 0. The van der Waals surface area contributed by atoms with Crippen molar-refractivity contribution in [1.29, 1.82) is 0 Å². The van der Waals surface area contributed by atoms with E-state index in [2.05, 4.69) is 43.0 Å². The fourth-order valence-corrected chi connectivity index (χ4v) is 2.13. The number of rotatable bonds is 7. The van der Waals surface area contributed by atoms with Crippen molar-refractivity contribution in [3.8, 4) is 0 Å². The first-order chi connectivity index (χ1) is 8.95. The first-order valence-electron chi connectivity index (χ1n) is 6.68. The zero-order valence-corrected chi connectivity index (χ0v) is 12.3. The third kappa shape index (κ3) is 4.56. The zero-order chi connectivity index (χ0) is 14.4. The summed E-state index contributed by atoms with van der Waals surface area (Å²) in [6, 6.07) is 8.40. The molecule has 0 bridgehead atoms. The SMILES string of the molecule is CCCN(CC(=O)O)C(C)c1ccc(N(C)C)cc1. The lowest BCUT2D eigenvalue weighted by Gasteiger charge is -2.27. The van der Waals surface area contributed by atoms with Gasteiger partial charge in [0.2, 0.25) is 0 Å². The summed E-state index contributed by atoms with van der Waals surface area (Å²) in [6.07, 6.45) is 0.952. The van der Waals surface area contributed by atoms with Crippen molar-refractivity contribution in [1.82, 2.24) is 4.90 Å². The molecule has 1 unspecified atom stereocenters. The molecule has 0 radical (unpaired) electrons. The van der Waals surface area contributed by atoms with Gasteiger partial charge in [-0.3, -0.25) is 9.69 Å². The summed E-state index contributed by atoms with van der Waals surface area (Å²) in [5.41, 5.74) is 2.30. The molecule has 0 heterocycles. The van der Waals surface area contributed by atoms with E-state index < -0.39 is 5.97 Å². The molecule has 19 heavy (non-hydrogen) atoms. The Balaban J connectivity index is 2.83. The molecule has 4 heteroatoms. The maximum Gasteiger partial charge on any atom is 0.317 e. The highest BCUT2D eigenvalue weighted by Crippen LogP contribution is 2.22. The Hall–Kier alpha value is -1.55. The summed E-state index contributed by atoms with van der Waals surface area (Å²) in [7, 11) is 4.01. The smallest absolute Gasteiger partial charge is 0.317 e. The minimum atomic E-state index is -0.773. The Kier molecular flexibility index (Phi) is 5.83. The Bertz CT molecular complexity index is 401. The minimum Gasteiger partial charge on any atom is -0.480 e. The van der Waals surface area contributed by atoms with Crippen molar-refractivity contribution in [2.75, 3.05) is 32.1 Å². The van der Waals surface area contributed by atoms with Crippen LogP contribution in [0.25, 0.3) is 0 Å². The highest BCUT2D eigenvalue weighted by Gasteiger charge is 2.17. The lowest BCUT2D eigenvalue weighted by atomic mass is 10.1. The average Bonchev–Trinajstić information content (AvgIpc) is 2.37. The Morgan fingerprint density at radius 2 is 1.84 bits per heavy atom. The largest absolute Gasteiger partial charge is 0.480 e. The van der Waals surface area contributed by atoms with Crippen LogP contribution in [0, 0.1) is 0 Å². The van der Waals surface area contributed by atoms with Crippen molar-refractivity contribution >= 4 is 11.7 Å². The second kappa shape index (κ2) is 7.14. The number of carboxylic acids is 1. The number of carboxylic acid groups (broad SMARTS) is 1. The van der Waals surface area contributed by atoms with Crippen molar-refractivity contribution in [2.45, 2.75) is 26.3 Å². The van der Waals surface area contributed by atoms with Gasteiger partial charge in [0.05, 0.1) is 6.54 Å². The Morgan fingerprint density at radius 3 is 2.26 bits per heavy atom. The molecule has 0 amide bonds. The van der Waals surface area contributed by atoms with Gasteiger partial charge in [0.25, 0.3) is 0 Å². The van der Waals surface area contributed by atoms with Crippen LogP contribution in [0.5, 0.6) is 0 Å². The Morgan fingerprint density at radius 1 is 1.26 bits per heavy atom. The van der Waals surface area contributed by atoms with E-state index in [-0.39, 0.29) is 12.6 Å². The highest BCUT2D eigenvalue weighted by molar-refractivity contribution is 5.69. The molecule has 4 nitrogen and oxygen atoms in total. The first-order valence-corrected chi connectivity index (χ1v) is 6.68. The van der Waals surface area contributed by atoms with Gasteiger partial charge in [0.1, 0.15) is 0 Å². The van der Waals surface area contributed by atoms with Gasteiger partial charge in [-0.1, -0.05) is 19.1 Å². The van der Waals surface area contributed by atoms with Gasteiger partial charge in [-0.25, -0.2) is 0 Å². The molecule has 0 fully saturated rings. The molecule has 1 rings (SSSR count). The molecule has 0 spiro atoms. The van der Waals surface area contributed by atoms with Gasteiger partial charge in [-0.2, -0.15) is 0 Å². The second-order valence-electron chi connectivity index (χ2n) is 5.03. The fourth-order valence-electron chi connectivity index (χ4n) is 2.13. The van der Waals surface area contributed by atoms with Gasteiger partial charge in [-0.05, 0) is 37.6 Å². The molecule has 0 aliphatic heterocycles. The minimum absolute atomic E-state index is 0.0877. The number of benzene rings is 1. The Labute approximate surface area is 115 Å². The number of aliphatic carboxylic acids is 1. The molecule has 106 valence electrons. The molecule has 0 aliphatic rings. The van der Waals surface area contributed by atoms with Gasteiger partial charge in [0, 0.05) is 25.8 Å². The maximum absolute atomic E-state index is 10.9. The van der Waals surface area contributed by atoms with E-state index >= 15 is 0 Å². The van der Waals surface area contributed by atoms with E-state index in [1.165, 1.54) is 0 Å². The molecule has 1 aromatic rings. The average molecular weight is 264 g/mol. The van der Waals surface area contributed by atoms with Gasteiger partial charge < -0.3 is 10.0 Å². The molecule has 0 saturated heterocycles. The molecule has 1 aromatic carbocycles. The van der Waals surface area contributed by atoms with Crippen LogP contribution in [0.1, 0.15) is 31.9 Å². The first kappa shape index (κ1) is 15.5. The lowest BCUT2D eigenvalue weighted by Crippen LogP contribution is -2.33. The van der Waals surface area contributed by atoms with Crippen LogP contribution in [0.3, 0.4) is 0 Å². The fraction of sp³-hybridized carbons (Fsp3) is 0.533.